The number of hydrogen-bond donors (Lipinski definition) is 1. The van der Waals surface area contributed by atoms with E-state index in [0.29, 0.717) is 12.1 Å². The van der Waals surface area contributed by atoms with Crippen molar-refractivity contribution in [2.75, 3.05) is 0 Å². The molecule has 2 rings (SSSR count). The number of nitrogens with one attached hydrogen (secondary N) is 1. The third kappa shape index (κ3) is 2.61. The first-order chi connectivity index (χ1) is 6.75. The lowest BCUT2D eigenvalue weighted by atomic mass is 10.1. The average Bonchev–Trinajstić information content (AvgIpc) is 2.80. The van der Waals surface area contributed by atoms with Gasteiger partial charge in [0, 0.05) is 6.04 Å². The third-order valence-electron chi connectivity index (χ3n) is 2.89. The molecule has 14 heavy (non-hydrogen) atoms. The van der Waals surface area contributed by atoms with E-state index < -0.39 is 0 Å². The zero-order valence-corrected chi connectivity index (χ0v) is 8.99. The van der Waals surface area contributed by atoms with Gasteiger partial charge in [0.2, 0.25) is 0 Å². The molecule has 1 fully saturated rings. The Morgan fingerprint density at radius 3 is 2.86 bits per heavy atom. The van der Waals surface area contributed by atoms with E-state index in [2.05, 4.69) is 19.2 Å². The van der Waals surface area contributed by atoms with Crippen molar-refractivity contribution in [2.45, 2.75) is 45.2 Å². The lowest BCUT2D eigenvalue weighted by Gasteiger charge is -2.18. The maximum absolute atomic E-state index is 5.35. The molecule has 1 saturated carbocycles. The zero-order chi connectivity index (χ0) is 9.97. The second-order valence-corrected chi connectivity index (χ2v) is 4.48. The topological polar surface area (TPSA) is 25.2 Å². The van der Waals surface area contributed by atoms with Crippen molar-refractivity contribution >= 4 is 0 Å². The molecule has 1 aromatic heterocycles. The summed E-state index contributed by atoms with van der Waals surface area (Å²) in [6.07, 6.45) is 5.91. The van der Waals surface area contributed by atoms with Crippen LogP contribution >= 0.6 is 0 Å². The summed E-state index contributed by atoms with van der Waals surface area (Å²) in [7, 11) is 0. The van der Waals surface area contributed by atoms with Crippen molar-refractivity contribution in [3.8, 4) is 0 Å². The van der Waals surface area contributed by atoms with Gasteiger partial charge in [0.05, 0.1) is 12.3 Å². The van der Waals surface area contributed by atoms with Gasteiger partial charge in [0.25, 0.3) is 0 Å². The lowest BCUT2D eigenvalue weighted by Crippen LogP contribution is -2.29. The molecule has 1 heterocycles. The van der Waals surface area contributed by atoms with E-state index in [1.807, 2.05) is 12.1 Å². The van der Waals surface area contributed by atoms with Gasteiger partial charge < -0.3 is 9.73 Å². The van der Waals surface area contributed by atoms with Gasteiger partial charge in [0.1, 0.15) is 5.76 Å². The van der Waals surface area contributed by atoms with Crippen LogP contribution in [0.4, 0.5) is 0 Å². The fraction of sp³-hybridized carbons (Fsp3) is 0.667. The predicted molar refractivity (Wildman–Crippen MR) is 57.1 cm³/mol. The van der Waals surface area contributed by atoms with Gasteiger partial charge in [-0.3, -0.25) is 0 Å². The minimum absolute atomic E-state index is 0.332. The Balaban J connectivity index is 1.78. The van der Waals surface area contributed by atoms with Gasteiger partial charge in [-0.1, -0.05) is 12.8 Å². The summed E-state index contributed by atoms with van der Waals surface area (Å²) in [5, 5.41) is 3.56. The first kappa shape index (κ1) is 9.78. The first-order valence-electron chi connectivity index (χ1n) is 5.55. The van der Waals surface area contributed by atoms with Gasteiger partial charge in [-0.05, 0) is 38.3 Å². The molecule has 0 bridgehead atoms. The highest BCUT2D eigenvalue weighted by molar-refractivity contribution is 5.03. The van der Waals surface area contributed by atoms with E-state index in [1.165, 1.54) is 19.3 Å². The minimum Gasteiger partial charge on any atom is -0.468 e. The molecular formula is C12H19NO. The van der Waals surface area contributed by atoms with Crippen LogP contribution in [0.25, 0.3) is 0 Å². The van der Waals surface area contributed by atoms with Crippen LogP contribution in [0.5, 0.6) is 0 Å². The molecule has 2 atom stereocenters. The number of rotatable bonds is 5. The monoisotopic (exact) mass is 193 g/mol. The van der Waals surface area contributed by atoms with E-state index in [9.17, 15) is 0 Å². The van der Waals surface area contributed by atoms with Crippen LogP contribution in [0.15, 0.2) is 22.8 Å². The highest BCUT2D eigenvalue weighted by Crippen LogP contribution is 2.33. The van der Waals surface area contributed by atoms with Crippen molar-refractivity contribution in [1.29, 1.82) is 0 Å². The molecule has 0 saturated heterocycles. The molecule has 0 radical (unpaired) electrons. The van der Waals surface area contributed by atoms with Crippen LogP contribution in [0.1, 0.15) is 44.9 Å². The minimum atomic E-state index is 0.332. The van der Waals surface area contributed by atoms with E-state index in [-0.39, 0.29) is 0 Å². The summed E-state index contributed by atoms with van der Waals surface area (Å²) in [6, 6.07) is 4.90. The quantitative estimate of drug-likeness (QED) is 0.777. The van der Waals surface area contributed by atoms with Crippen molar-refractivity contribution in [2.24, 2.45) is 5.92 Å². The lowest BCUT2D eigenvalue weighted by molar-refractivity contribution is 0.381. The maximum atomic E-state index is 5.35. The van der Waals surface area contributed by atoms with E-state index in [4.69, 9.17) is 4.42 Å². The summed E-state index contributed by atoms with van der Waals surface area (Å²) < 4.78 is 5.35. The van der Waals surface area contributed by atoms with Crippen molar-refractivity contribution in [1.82, 2.24) is 5.32 Å². The molecule has 1 unspecified atom stereocenters. The van der Waals surface area contributed by atoms with Crippen LogP contribution in [-0.2, 0) is 0 Å². The van der Waals surface area contributed by atoms with E-state index in [0.717, 1.165) is 11.7 Å². The Morgan fingerprint density at radius 1 is 1.50 bits per heavy atom. The Labute approximate surface area is 85.7 Å². The van der Waals surface area contributed by atoms with Crippen molar-refractivity contribution < 1.29 is 4.42 Å². The first-order valence-corrected chi connectivity index (χ1v) is 5.55. The molecule has 1 aliphatic rings. The second-order valence-electron chi connectivity index (χ2n) is 4.48. The normalized spacial score (nSPS) is 20.7. The molecular weight excluding hydrogens is 174 g/mol. The smallest absolute Gasteiger partial charge is 0.120 e. The van der Waals surface area contributed by atoms with Crippen LogP contribution in [0.3, 0.4) is 0 Å². The van der Waals surface area contributed by atoms with Crippen LogP contribution < -0.4 is 5.32 Å². The zero-order valence-electron chi connectivity index (χ0n) is 8.99. The van der Waals surface area contributed by atoms with Gasteiger partial charge >= 0.3 is 0 Å². The Bertz CT molecular complexity index is 264. The van der Waals surface area contributed by atoms with E-state index >= 15 is 0 Å². The average molecular weight is 193 g/mol. The molecule has 2 nitrogen and oxygen atoms in total. The highest BCUT2D eigenvalue weighted by Gasteiger charge is 2.24. The van der Waals surface area contributed by atoms with Crippen LogP contribution in [-0.4, -0.2) is 6.04 Å². The van der Waals surface area contributed by atoms with Gasteiger partial charge in [-0.2, -0.15) is 0 Å². The molecule has 1 aromatic rings. The number of hydrogen-bond acceptors (Lipinski definition) is 2. The summed E-state index contributed by atoms with van der Waals surface area (Å²) >= 11 is 0. The summed E-state index contributed by atoms with van der Waals surface area (Å²) in [5.41, 5.74) is 0. The molecule has 0 aromatic carbocycles. The van der Waals surface area contributed by atoms with Gasteiger partial charge in [0.15, 0.2) is 0 Å². The largest absolute Gasteiger partial charge is 0.468 e. The molecule has 2 heteroatoms. The number of furan rings is 1. The Kier molecular flexibility index (Phi) is 2.92. The second kappa shape index (κ2) is 4.18. The highest BCUT2D eigenvalue weighted by atomic mass is 16.3. The summed E-state index contributed by atoms with van der Waals surface area (Å²) in [4.78, 5) is 0. The molecule has 78 valence electrons. The summed E-state index contributed by atoms with van der Waals surface area (Å²) in [6.45, 7) is 4.42. The fourth-order valence-corrected chi connectivity index (χ4v) is 1.97. The van der Waals surface area contributed by atoms with Crippen molar-refractivity contribution in [3.63, 3.8) is 0 Å². The maximum Gasteiger partial charge on any atom is 0.120 e. The van der Waals surface area contributed by atoms with Gasteiger partial charge in [-0.25, -0.2) is 0 Å². The van der Waals surface area contributed by atoms with E-state index in [1.54, 1.807) is 6.26 Å². The predicted octanol–water partition coefficient (Wildman–Crippen LogP) is 3.12. The Morgan fingerprint density at radius 2 is 2.29 bits per heavy atom. The van der Waals surface area contributed by atoms with Gasteiger partial charge in [-0.15, -0.1) is 0 Å². The van der Waals surface area contributed by atoms with Crippen LogP contribution in [0, 0.1) is 5.92 Å². The SMILES string of the molecule is CC(CC1CC1)N[C@H](C)c1ccco1. The molecule has 0 aliphatic heterocycles. The molecule has 0 amide bonds. The molecule has 1 N–H and O–H groups in total. The molecule has 1 aliphatic carbocycles. The third-order valence-corrected chi connectivity index (χ3v) is 2.89. The standard InChI is InChI=1S/C12H19NO/c1-9(8-11-5-6-11)13-10(2)12-4-3-7-14-12/h3-4,7,9-11,13H,5-6,8H2,1-2H3/t9?,10-/m1/s1. The summed E-state index contributed by atoms with van der Waals surface area (Å²) in [5.74, 6) is 2.02. The van der Waals surface area contributed by atoms with Crippen LogP contribution in [0.2, 0.25) is 0 Å². The fourth-order valence-electron chi connectivity index (χ4n) is 1.97. The van der Waals surface area contributed by atoms with Crippen molar-refractivity contribution in [3.05, 3.63) is 24.2 Å². The Hall–Kier alpha value is -0.760. The molecule has 0 spiro atoms.